The molecule has 1 aromatic rings. The predicted molar refractivity (Wildman–Crippen MR) is 78.1 cm³/mol. The number of nitrogen functional groups attached to an aromatic ring is 1. The Balaban J connectivity index is 2.36. The van der Waals surface area contributed by atoms with Gasteiger partial charge in [-0.15, -0.1) is 0 Å². The quantitative estimate of drug-likeness (QED) is 0.747. The monoisotopic (exact) mass is 329 g/mol. The number of nitrogens with zero attached hydrogens (tertiary/aromatic N) is 2. The molecule has 1 aliphatic heterocycles. The predicted octanol–water partition coefficient (Wildman–Crippen LogP) is 0.0112. The number of anilines is 1. The molecule has 0 radical (unpaired) electrons. The Hall–Kier alpha value is -2.00. The van der Waals surface area contributed by atoms with Crippen LogP contribution in [0.5, 0.6) is 0 Å². The van der Waals surface area contributed by atoms with Crippen molar-refractivity contribution in [3.63, 3.8) is 0 Å². The highest BCUT2D eigenvalue weighted by atomic mass is 19.1. The summed E-state index contributed by atoms with van der Waals surface area (Å²) in [7, 11) is 0. The van der Waals surface area contributed by atoms with Gasteiger partial charge >= 0.3 is 11.7 Å². The second kappa shape index (κ2) is 6.25. The molecule has 1 saturated heterocycles. The molecule has 23 heavy (non-hydrogen) atoms. The number of aliphatic hydroxyl groups excluding tert-OH is 1. The highest BCUT2D eigenvalue weighted by Gasteiger charge is 2.58. The molecule has 0 unspecified atom stereocenters. The van der Waals surface area contributed by atoms with E-state index in [0.717, 1.165) is 11.5 Å². The zero-order chi connectivity index (χ0) is 17.4. The molecule has 0 aliphatic carbocycles. The Morgan fingerprint density at radius 3 is 2.83 bits per heavy atom. The first kappa shape index (κ1) is 17.4. The Morgan fingerprint density at radius 1 is 1.65 bits per heavy atom. The summed E-state index contributed by atoms with van der Waals surface area (Å²) < 4.78 is 26.7. The molecule has 0 spiro atoms. The normalized spacial score (nSPS) is 30.6. The van der Waals surface area contributed by atoms with Crippen LogP contribution in [0.2, 0.25) is 0 Å². The molecule has 0 amide bonds. The summed E-state index contributed by atoms with van der Waals surface area (Å²) in [6.45, 7) is 3.79. The van der Waals surface area contributed by atoms with E-state index in [0.29, 0.717) is 0 Å². The largest absolute Gasteiger partial charge is 0.456 e. The summed E-state index contributed by atoms with van der Waals surface area (Å²) in [6.07, 6.45) is -2.60. The van der Waals surface area contributed by atoms with E-state index in [1.54, 1.807) is 13.8 Å². The van der Waals surface area contributed by atoms with E-state index in [4.69, 9.17) is 15.2 Å². The molecule has 1 aromatic heterocycles. The van der Waals surface area contributed by atoms with E-state index >= 15 is 4.39 Å². The number of aromatic nitrogens is 2. The molecule has 8 nitrogen and oxygen atoms in total. The summed E-state index contributed by atoms with van der Waals surface area (Å²) in [6, 6.07) is 1.32. The lowest BCUT2D eigenvalue weighted by molar-refractivity contribution is -0.162. The molecule has 0 saturated carbocycles. The first-order chi connectivity index (χ1) is 10.7. The lowest BCUT2D eigenvalue weighted by Crippen LogP contribution is -2.46. The first-order valence-corrected chi connectivity index (χ1v) is 7.18. The van der Waals surface area contributed by atoms with Gasteiger partial charge in [-0.2, -0.15) is 4.98 Å². The van der Waals surface area contributed by atoms with Crippen LogP contribution in [0, 0.1) is 5.92 Å². The van der Waals surface area contributed by atoms with Crippen LogP contribution in [-0.2, 0) is 14.3 Å². The fraction of sp³-hybridized carbons (Fsp3) is 0.643. The highest BCUT2D eigenvalue weighted by molar-refractivity contribution is 5.71. The maximum absolute atomic E-state index is 15.2. The maximum atomic E-state index is 15.2. The fourth-order valence-electron chi connectivity index (χ4n) is 2.41. The summed E-state index contributed by atoms with van der Waals surface area (Å²) in [5.41, 5.74) is 2.37. The Morgan fingerprint density at radius 2 is 2.30 bits per heavy atom. The molecular weight excluding hydrogens is 309 g/mol. The molecule has 0 aromatic carbocycles. The lowest BCUT2D eigenvalue weighted by atomic mass is 9.98. The molecule has 2 heterocycles. The van der Waals surface area contributed by atoms with E-state index in [1.165, 1.54) is 12.3 Å². The van der Waals surface area contributed by atoms with Gasteiger partial charge in [-0.05, 0) is 13.0 Å². The van der Waals surface area contributed by atoms with Gasteiger partial charge in [0, 0.05) is 6.20 Å². The zero-order valence-corrected chi connectivity index (χ0v) is 13.1. The van der Waals surface area contributed by atoms with E-state index in [9.17, 15) is 14.7 Å². The molecule has 9 heteroatoms. The average molecular weight is 329 g/mol. The van der Waals surface area contributed by atoms with Gasteiger partial charge < -0.3 is 20.3 Å². The van der Waals surface area contributed by atoms with Crippen molar-refractivity contribution in [1.29, 1.82) is 0 Å². The van der Waals surface area contributed by atoms with Crippen molar-refractivity contribution in [1.82, 2.24) is 9.55 Å². The van der Waals surface area contributed by atoms with Gasteiger partial charge in [-0.25, -0.2) is 9.18 Å². The lowest BCUT2D eigenvalue weighted by Gasteiger charge is -2.28. The van der Waals surface area contributed by atoms with Gasteiger partial charge in [0.1, 0.15) is 11.9 Å². The number of carbonyl (C=O) groups excluding carboxylic acids is 1. The van der Waals surface area contributed by atoms with Gasteiger partial charge in [-0.3, -0.25) is 9.36 Å². The van der Waals surface area contributed by atoms with Gasteiger partial charge in [0.15, 0.2) is 18.0 Å². The number of alkyl halides is 1. The van der Waals surface area contributed by atoms with Crippen LogP contribution in [-0.4, -0.2) is 45.1 Å². The van der Waals surface area contributed by atoms with Crippen LogP contribution >= 0.6 is 0 Å². The second-order valence-electron chi connectivity index (χ2n) is 5.92. The Labute approximate surface area is 132 Å². The van der Waals surface area contributed by atoms with Crippen LogP contribution in [0.25, 0.3) is 0 Å². The smallest absolute Gasteiger partial charge is 0.351 e. The van der Waals surface area contributed by atoms with Crippen LogP contribution in [0.15, 0.2) is 17.1 Å². The standard InChI is InChI=1S/C14H20FN3O5/c1-7(2)11(20)23-10-8(6-19)22-12(14(10,3)15)18-5-4-9(16)17-13(18)21/h4-5,7-8,10,12,19H,6H2,1-3H3,(H2,16,17,21)/t8-,10-,12-,14-/m1/s1. The minimum Gasteiger partial charge on any atom is -0.456 e. The second-order valence-corrected chi connectivity index (χ2v) is 5.92. The number of halogens is 1. The third-order valence-corrected chi connectivity index (χ3v) is 3.68. The molecule has 1 aliphatic rings. The molecule has 1 fully saturated rings. The van der Waals surface area contributed by atoms with Crippen molar-refractivity contribution in [3.05, 3.63) is 22.7 Å². The zero-order valence-electron chi connectivity index (χ0n) is 13.1. The fourth-order valence-corrected chi connectivity index (χ4v) is 2.41. The Kier molecular flexibility index (Phi) is 4.71. The molecule has 128 valence electrons. The third kappa shape index (κ3) is 3.20. The van der Waals surface area contributed by atoms with E-state index < -0.39 is 48.3 Å². The van der Waals surface area contributed by atoms with Crippen LogP contribution in [0.3, 0.4) is 0 Å². The summed E-state index contributed by atoms with van der Waals surface area (Å²) in [5.74, 6) is -1.10. The number of carbonyl (C=O) groups is 1. The number of esters is 1. The molecular formula is C14H20FN3O5. The van der Waals surface area contributed by atoms with Crippen molar-refractivity contribution < 1.29 is 23.8 Å². The van der Waals surface area contributed by atoms with E-state index in [2.05, 4.69) is 4.98 Å². The minimum absolute atomic E-state index is 0.00805. The number of nitrogens with two attached hydrogens (primary N) is 1. The number of aliphatic hydroxyl groups is 1. The first-order valence-electron chi connectivity index (χ1n) is 7.18. The number of rotatable bonds is 4. The van der Waals surface area contributed by atoms with E-state index in [1.807, 2.05) is 0 Å². The number of hydrogen-bond donors (Lipinski definition) is 2. The molecule has 4 atom stereocenters. The maximum Gasteiger partial charge on any atom is 0.351 e. The van der Waals surface area contributed by atoms with Crippen molar-refractivity contribution in [2.24, 2.45) is 5.92 Å². The van der Waals surface area contributed by atoms with Crippen molar-refractivity contribution >= 4 is 11.8 Å². The van der Waals surface area contributed by atoms with Gasteiger partial charge in [0.05, 0.1) is 12.5 Å². The number of hydrogen-bond acceptors (Lipinski definition) is 7. The third-order valence-electron chi connectivity index (χ3n) is 3.68. The number of ether oxygens (including phenoxy) is 2. The van der Waals surface area contributed by atoms with Gasteiger partial charge in [0.2, 0.25) is 0 Å². The van der Waals surface area contributed by atoms with Crippen LogP contribution < -0.4 is 11.4 Å². The summed E-state index contributed by atoms with van der Waals surface area (Å²) in [5, 5.41) is 9.39. The van der Waals surface area contributed by atoms with Crippen molar-refractivity contribution in [2.75, 3.05) is 12.3 Å². The summed E-state index contributed by atoms with van der Waals surface area (Å²) >= 11 is 0. The molecule has 3 N–H and O–H groups in total. The van der Waals surface area contributed by atoms with Crippen LogP contribution in [0.1, 0.15) is 27.0 Å². The average Bonchev–Trinajstić information content (AvgIpc) is 2.70. The Bertz CT molecular complexity index is 646. The van der Waals surface area contributed by atoms with Gasteiger partial charge in [-0.1, -0.05) is 13.8 Å². The molecule has 0 bridgehead atoms. The topological polar surface area (TPSA) is 117 Å². The summed E-state index contributed by atoms with van der Waals surface area (Å²) in [4.78, 5) is 27.2. The minimum atomic E-state index is -2.24. The molecule has 2 rings (SSSR count). The SMILES string of the molecule is CC(C)C(=O)O[C@@H]1[C@@H](CO)O[C@@H](n2ccc(N)nc2=O)[C@]1(C)F. The van der Waals surface area contributed by atoms with Crippen molar-refractivity contribution in [3.8, 4) is 0 Å². The van der Waals surface area contributed by atoms with E-state index in [-0.39, 0.29) is 5.82 Å². The van der Waals surface area contributed by atoms with Gasteiger partial charge in [0.25, 0.3) is 0 Å². The van der Waals surface area contributed by atoms with Crippen LogP contribution in [0.4, 0.5) is 10.2 Å². The highest BCUT2D eigenvalue weighted by Crippen LogP contribution is 2.42. The van der Waals surface area contributed by atoms with Crippen molar-refractivity contribution in [2.45, 2.75) is 44.9 Å².